The molecule has 3 heterocycles. The zero-order valence-corrected chi connectivity index (χ0v) is 19.0. The van der Waals surface area contributed by atoms with Crippen LogP contribution < -0.4 is 4.74 Å². The van der Waals surface area contributed by atoms with Crippen molar-refractivity contribution in [1.29, 1.82) is 0 Å². The van der Waals surface area contributed by atoms with Gasteiger partial charge >= 0.3 is 0 Å². The summed E-state index contributed by atoms with van der Waals surface area (Å²) in [7, 11) is 3.94. The van der Waals surface area contributed by atoms with Gasteiger partial charge in [-0.3, -0.25) is 9.59 Å². The van der Waals surface area contributed by atoms with Gasteiger partial charge in [0.15, 0.2) is 0 Å². The largest absolute Gasteiger partial charge is 0.491 e. The summed E-state index contributed by atoms with van der Waals surface area (Å²) in [5.41, 5.74) is 0.451. The summed E-state index contributed by atoms with van der Waals surface area (Å²) in [6.07, 6.45) is 4.91. The predicted molar refractivity (Wildman–Crippen MR) is 120 cm³/mol. The number of hydrogen-bond donors (Lipinski definition) is 1. The quantitative estimate of drug-likeness (QED) is 0.792. The predicted octanol–water partition coefficient (Wildman–Crippen LogP) is 2.24. The maximum Gasteiger partial charge on any atom is 0.257 e. The number of benzene rings is 1. The maximum atomic E-state index is 13.2. The molecule has 1 fully saturated rings. The van der Waals surface area contributed by atoms with Gasteiger partial charge in [-0.15, -0.1) is 0 Å². The van der Waals surface area contributed by atoms with Gasteiger partial charge in [-0.1, -0.05) is 18.6 Å². The standard InChI is InChI=1S/C24H37N3O4/c1-25(2)14-9-22(29)26-13-6-5-10-24(19-28)11-15-27(16-12-24)23(30)20-7-3-4-8-21(20)31-18-17-26/h3-4,7-8,28H,5-6,9-19H2,1-2H3. The number of piperidine rings is 1. The summed E-state index contributed by atoms with van der Waals surface area (Å²) in [5.74, 6) is 0.688. The highest BCUT2D eigenvalue weighted by Gasteiger charge is 2.35. The molecular formula is C24H37N3O4. The summed E-state index contributed by atoms with van der Waals surface area (Å²) in [4.78, 5) is 31.7. The minimum atomic E-state index is -0.118. The van der Waals surface area contributed by atoms with E-state index in [0.29, 0.717) is 50.5 Å². The molecule has 172 valence electrons. The molecule has 1 N–H and O–H groups in total. The molecule has 1 aromatic rings. The lowest BCUT2D eigenvalue weighted by Crippen LogP contribution is -2.44. The summed E-state index contributed by atoms with van der Waals surface area (Å²) in [5, 5.41) is 10.1. The molecule has 31 heavy (non-hydrogen) atoms. The number of amides is 2. The average Bonchev–Trinajstić information content (AvgIpc) is 2.79. The Bertz CT molecular complexity index is 744. The molecule has 2 amide bonds. The van der Waals surface area contributed by atoms with Crippen LogP contribution in [-0.4, -0.2) is 91.7 Å². The summed E-state index contributed by atoms with van der Waals surface area (Å²) < 4.78 is 5.99. The topological polar surface area (TPSA) is 73.3 Å². The number of carbonyl (C=O) groups is 2. The Balaban J connectivity index is 1.78. The molecular weight excluding hydrogens is 394 g/mol. The first-order valence-corrected chi connectivity index (χ1v) is 11.5. The van der Waals surface area contributed by atoms with Crippen molar-refractivity contribution in [2.24, 2.45) is 5.41 Å². The maximum absolute atomic E-state index is 13.2. The minimum Gasteiger partial charge on any atom is -0.491 e. The van der Waals surface area contributed by atoms with E-state index in [-0.39, 0.29) is 23.8 Å². The molecule has 0 aromatic heterocycles. The van der Waals surface area contributed by atoms with Crippen molar-refractivity contribution in [3.8, 4) is 5.75 Å². The Morgan fingerprint density at radius 1 is 1.10 bits per heavy atom. The van der Waals surface area contributed by atoms with Crippen LogP contribution in [0.1, 0.15) is 48.9 Å². The number of nitrogens with zero attached hydrogens (tertiary/aromatic N) is 3. The SMILES string of the molecule is CN(C)CCC(=O)N1CCCCC2(CO)CCN(CC2)C(=O)c2ccccc2OCC1. The van der Waals surface area contributed by atoms with E-state index in [9.17, 15) is 14.7 Å². The molecule has 4 rings (SSSR count). The molecule has 0 saturated carbocycles. The fourth-order valence-electron chi connectivity index (χ4n) is 4.52. The van der Waals surface area contributed by atoms with Crippen molar-refractivity contribution in [3.63, 3.8) is 0 Å². The molecule has 0 aliphatic carbocycles. The van der Waals surface area contributed by atoms with Crippen LogP contribution in [0.4, 0.5) is 0 Å². The molecule has 3 aliphatic heterocycles. The van der Waals surface area contributed by atoms with Gasteiger partial charge in [0.2, 0.25) is 5.91 Å². The number of ether oxygens (including phenoxy) is 1. The Labute approximate surface area is 185 Å². The normalized spacial score (nSPS) is 20.1. The van der Waals surface area contributed by atoms with Crippen molar-refractivity contribution >= 4 is 11.8 Å². The van der Waals surface area contributed by atoms with Crippen LogP contribution in [0.15, 0.2) is 24.3 Å². The van der Waals surface area contributed by atoms with Crippen LogP contribution in [0.2, 0.25) is 0 Å². The van der Waals surface area contributed by atoms with Gasteiger partial charge in [0.1, 0.15) is 12.4 Å². The second kappa shape index (κ2) is 11.0. The highest BCUT2D eigenvalue weighted by molar-refractivity contribution is 5.97. The molecule has 0 spiro atoms. The van der Waals surface area contributed by atoms with Crippen molar-refractivity contribution < 1.29 is 19.4 Å². The lowest BCUT2D eigenvalue weighted by Gasteiger charge is -2.41. The van der Waals surface area contributed by atoms with Crippen molar-refractivity contribution in [2.45, 2.75) is 38.5 Å². The van der Waals surface area contributed by atoms with Crippen molar-refractivity contribution in [1.82, 2.24) is 14.7 Å². The van der Waals surface area contributed by atoms with Crippen LogP contribution >= 0.6 is 0 Å². The molecule has 1 saturated heterocycles. The number of aliphatic hydroxyl groups excluding tert-OH is 1. The van der Waals surface area contributed by atoms with Crippen LogP contribution in [-0.2, 0) is 4.79 Å². The second-order valence-electron chi connectivity index (χ2n) is 9.19. The van der Waals surface area contributed by atoms with Crippen LogP contribution in [0.5, 0.6) is 5.75 Å². The van der Waals surface area contributed by atoms with Crippen LogP contribution in [0.3, 0.4) is 0 Å². The Morgan fingerprint density at radius 3 is 2.55 bits per heavy atom. The Hall–Kier alpha value is -2.12. The first kappa shape index (κ1) is 23.5. The summed E-state index contributed by atoms with van der Waals surface area (Å²) in [6, 6.07) is 7.36. The van der Waals surface area contributed by atoms with Gasteiger partial charge in [-0.25, -0.2) is 0 Å². The number of carbonyl (C=O) groups excluding carboxylic acids is 2. The Kier molecular flexibility index (Phi) is 8.32. The molecule has 0 atom stereocenters. The number of rotatable bonds is 4. The number of aliphatic hydroxyl groups is 1. The van der Waals surface area contributed by atoms with Crippen LogP contribution in [0.25, 0.3) is 0 Å². The number of fused-ring (bicyclic) bond motifs is 9. The van der Waals surface area contributed by atoms with Crippen LogP contribution in [0, 0.1) is 5.41 Å². The monoisotopic (exact) mass is 431 g/mol. The van der Waals surface area contributed by atoms with Gasteiger partial charge in [0, 0.05) is 39.2 Å². The van der Waals surface area contributed by atoms with Gasteiger partial charge in [-0.2, -0.15) is 0 Å². The molecule has 3 aliphatic rings. The molecule has 7 heteroatoms. The van der Waals surface area contributed by atoms with Gasteiger partial charge in [-0.05, 0) is 57.3 Å². The molecule has 0 radical (unpaired) electrons. The van der Waals surface area contributed by atoms with Crippen molar-refractivity contribution in [2.75, 3.05) is 60.0 Å². The van der Waals surface area contributed by atoms with Gasteiger partial charge in [0.25, 0.3) is 5.91 Å². The third kappa shape index (κ3) is 6.20. The number of para-hydroxylation sites is 1. The van der Waals surface area contributed by atoms with E-state index in [1.54, 1.807) is 0 Å². The van der Waals surface area contributed by atoms with E-state index in [1.165, 1.54) is 0 Å². The van der Waals surface area contributed by atoms with E-state index >= 15 is 0 Å². The third-order valence-corrected chi connectivity index (χ3v) is 6.69. The zero-order chi connectivity index (χ0) is 22.3. The lowest BCUT2D eigenvalue weighted by atomic mass is 9.75. The van der Waals surface area contributed by atoms with Gasteiger partial charge in [0.05, 0.1) is 12.1 Å². The first-order valence-electron chi connectivity index (χ1n) is 11.5. The average molecular weight is 432 g/mol. The fraction of sp³-hybridized carbons (Fsp3) is 0.667. The van der Waals surface area contributed by atoms with E-state index in [0.717, 1.165) is 38.6 Å². The lowest BCUT2D eigenvalue weighted by molar-refractivity contribution is -0.132. The van der Waals surface area contributed by atoms with E-state index in [1.807, 2.05) is 53.1 Å². The smallest absolute Gasteiger partial charge is 0.257 e. The Morgan fingerprint density at radius 2 is 1.84 bits per heavy atom. The first-order chi connectivity index (χ1) is 14.9. The van der Waals surface area contributed by atoms with E-state index in [2.05, 4.69) is 0 Å². The third-order valence-electron chi connectivity index (χ3n) is 6.69. The highest BCUT2D eigenvalue weighted by atomic mass is 16.5. The molecule has 0 unspecified atom stereocenters. The summed E-state index contributed by atoms with van der Waals surface area (Å²) >= 11 is 0. The van der Waals surface area contributed by atoms with Gasteiger partial charge < -0.3 is 24.5 Å². The number of hydrogen-bond acceptors (Lipinski definition) is 5. The second-order valence-corrected chi connectivity index (χ2v) is 9.19. The van der Waals surface area contributed by atoms with E-state index in [4.69, 9.17) is 4.74 Å². The van der Waals surface area contributed by atoms with E-state index < -0.39 is 0 Å². The molecule has 7 nitrogen and oxygen atoms in total. The zero-order valence-electron chi connectivity index (χ0n) is 19.0. The molecule has 2 bridgehead atoms. The highest BCUT2D eigenvalue weighted by Crippen LogP contribution is 2.37. The summed E-state index contributed by atoms with van der Waals surface area (Å²) in [6.45, 7) is 3.75. The molecule has 1 aromatic carbocycles. The van der Waals surface area contributed by atoms with Crippen molar-refractivity contribution in [3.05, 3.63) is 29.8 Å². The minimum absolute atomic E-state index is 0.0177. The fourth-order valence-corrected chi connectivity index (χ4v) is 4.52.